The summed E-state index contributed by atoms with van der Waals surface area (Å²) >= 11 is 0.920. The zero-order valence-corrected chi connectivity index (χ0v) is 19.2. The number of benzene rings is 1. The summed E-state index contributed by atoms with van der Waals surface area (Å²) in [6.07, 6.45) is -5.68. The van der Waals surface area contributed by atoms with Gasteiger partial charge in [-0.3, -0.25) is 4.57 Å². The van der Waals surface area contributed by atoms with Crippen LogP contribution in [-0.2, 0) is 22.3 Å². The van der Waals surface area contributed by atoms with E-state index in [0.29, 0.717) is 4.90 Å². The van der Waals surface area contributed by atoms with Crippen molar-refractivity contribution in [1.82, 2.24) is 19.5 Å². The highest BCUT2D eigenvalue weighted by Gasteiger charge is 2.32. The Kier molecular flexibility index (Phi) is 7.08. The fraction of sp³-hybridized carbons (Fsp3) is 0.389. The van der Waals surface area contributed by atoms with Gasteiger partial charge >= 0.3 is 13.8 Å². The number of aromatic hydroxyl groups is 1. The first kappa shape index (κ1) is 25.4. The topological polar surface area (TPSA) is 157 Å². The molecule has 0 aliphatic heterocycles. The van der Waals surface area contributed by atoms with E-state index in [1.165, 1.54) is 19.9 Å². The van der Waals surface area contributed by atoms with E-state index in [-0.39, 0.29) is 40.0 Å². The van der Waals surface area contributed by atoms with E-state index in [1.54, 1.807) is 18.2 Å². The Bertz CT molecular complexity index is 1210. The van der Waals surface area contributed by atoms with Gasteiger partial charge in [0.05, 0.1) is 4.90 Å². The Balaban J connectivity index is 2.08. The number of ether oxygens (including phenoxy) is 1. The van der Waals surface area contributed by atoms with Gasteiger partial charge in [-0.2, -0.15) is 13.2 Å². The van der Waals surface area contributed by atoms with Crippen LogP contribution in [0.4, 0.5) is 13.2 Å². The quantitative estimate of drug-likeness (QED) is 0.203. The lowest BCUT2D eigenvalue weighted by Crippen LogP contribution is -2.42. The fourth-order valence-corrected chi connectivity index (χ4v) is 4.36. The van der Waals surface area contributed by atoms with Crippen molar-refractivity contribution >= 4 is 30.5 Å². The summed E-state index contributed by atoms with van der Waals surface area (Å²) in [6.45, 7) is 1.45. The van der Waals surface area contributed by atoms with Crippen molar-refractivity contribution in [3.05, 3.63) is 35.9 Å². The van der Waals surface area contributed by atoms with Gasteiger partial charge in [0.25, 0.3) is 0 Å². The van der Waals surface area contributed by atoms with Crippen LogP contribution in [0.15, 0.2) is 34.2 Å². The summed E-state index contributed by atoms with van der Waals surface area (Å²) in [4.78, 5) is 31.0. The zero-order valence-electron chi connectivity index (χ0n) is 17.4. The van der Waals surface area contributed by atoms with Crippen molar-refractivity contribution < 1.29 is 37.4 Å². The van der Waals surface area contributed by atoms with Crippen LogP contribution in [0.2, 0.25) is 0 Å². The first-order chi connectivity index (χ1) is 15.1. The van der Waals surface area contributed by atoms with E-state index in [1.807, 2.05) is 0 Å². The minimum absolute atomic E-state index is 0.0227. The molecule has 0 bridgehead atoms. The van der Waals surface area contributed by atoms with Gasteiger partial charge in [-0.05, 0) is 26.0 Å². The highest BCUT2D eigenvalue weighted by molar-refractivity contribution is 7.99. The Morgan fingerprint density at radius 2 is 1.88 bits per heavy atom. The molecule has 1 atom stereocenters. The Hall–Kier alpha value is -2.22. The van der Waals surface area contributed by atoms with Gasteiger partial charge < -0.3 is 29.9 Å². The standard InChI is InChI=1S/C18H21F3N5O5PS/c1-10-23-15-14(26(10)8-18(19,20)21)16(33-12-6-4-3-5-11(12)27)25-13(24-15)7-17(2,22)31-9-32(28,29)30/h3-6,27H,7-9,22H2,1-2H3,(H2,28,29,30). The fourth-order valence-electron chi connectivity index (χ4n) is 2.92. The number of phenols is 1. The smallest absolute Gasteiger partial charge is 0.406 e. The summed E-state index contributed by atoms with van der Waals surface area (Å²) in [7, 11) is -4.49. The molecular weight excluding hydrogens is 486 g/mol. The third kappa shape index (κ3) is 6.88. The summed E-state index contributed by atoms with van der Waals surface area (Å²) in [5.74, 6) is -0.00276. The Morgan fingerprint density at radius 3 is 2.48 bits per heavy atom. The number of para-hydroxylation sites is 1. The molecule has 3 rings (SSSR count). The predicted molar refractivity (Wildman–Crippen MR) is 113 cm³/mol. The van der Waals surface area contributed by atoms with Gasteiger partial charge in [0.15, 0.2) is 12.0 Å². The van der Waals surface area contributed by atoms with Crippen molar-refractivity contribution in [2.45, 2.75) is 48.6 Å². The molecule has 33 heavy (non-hydrogen) atoms. The monoisotopic (exact) mass is 507 g/mol. The largest absolute Gasteiger partial charge is 0.507 e. The minimum atomic E-state index is -4.53. The third-order valence-corrected chi connectivity index (χ3v) is 5.80. The molecular formula is C18H21F3N5O5PS. The van der Waals surface area contributed by atoms with Crippen LogP contribution in [0.3, 0.4) is 0 Å². The summed E-state index contributed by atoms with van der Waals surface area (Å²) < 4.78 is 56.7. The van der Waals surface area contributed by atoms with Crippen molar-refractivity contribution in [2.24, 2.45) is 5.73 Å². The normalized spacial score (nSPS) is 14.5. The first-order valence-electron chi connectivity index (χ1n) is 9.37. The number of hydrogen-bond donors (Lipinski definition) is 4. The molecule has 180 valence electrons. The van der Waals surface area contributed by atoms with Crippen molar-refractivity contribution in [3.63, 3.8) is 0 Å². The minimum Gasteiger partial charge on any atom is -0.507 e. The van der Waals surface area contributed by atoms with E-state index in [0.717, 1.165) is 16.3 Å². The number of hydrogen-bond acceptors (Lipinski definition) is 8. The number of rotatable bonds is 8. The molecule has 15 heteroatoms. The Morgan fingerprint density at radius 1 is 1.21 bits per heavy atom. The number of phenolic OH excluding ortho intramolecular Hbond substituents is 1. The van der Waals surface area contributed by atoms with Gasteiger partial charge in [-0.1, -0.05) is 23.9 Å². The molecule has 0 radical (unpaired) electrons. The lowest BCUT2D eigenvalue weighted by molar-refractivity contribution is -0.140. The van der Waals surface area contributed by atoms with Crippen molar-refractivity contribution in [1.29, 1.82) is 0 Å². The third-order valence-electron chi connectivity index (χ3n) is 4.29. The predicted octanol–water partition coefficient (Wildman–Crippen LogP) is 2.92. The highest BCUT2D eigenvalue weighted by Crippen LogP contribution is 2.38. The van der Waals surface area contributed by atoms with Gasteiger partial charge in [-0.25, -0.2) is 15.0 Å². The molecule has 0 amide bonds. The van der Waals surface area contributed by atoms with E-state index in [9.17, 15) is 22.8 Å². The molecule has 0 saturated carbocycles. The second-order valence-corrected chi connectivity index (χ2v) is 10.1. The van der Waals surface area contributed by atoms with Crippen LogP contribution in [0, 0.1) is 6.92 Å². The van der Waals surface area contributed by atoms with Gasteiger partial charge in [0.2, 0.25) is 0 Å². The molecule has 0 aliphatic rings. The molecule has 1 unspecified atom stereocenters. The number of imidazole rings is 1. The lowest BCUT2D eigenvalue weighted by Gasteiger charge is -2.24. The van der Waals surface area contributed by atoms with Gasteiger partial charge in [0, 0.05) is 6.42 Å². The zero-order chi connectivity index (χ0) is 24.6. The average molecular weight is 507 g/mol. The summed E-state index contributed by atoms with van der Waals surface area (Å²) in [5, 5.41) is 10.2. The SMILES string of the molecule is Cc1nc2nc(CC(C)(N)OCP(=O)(O)O)nc(Sc3ccccc3O)c2n1CC(F)(F)F. The van der Waals surface area contributed by atoms with E-state index in [2.05, 4.69) is 15.0 Å². The van der Waals surface area contributed by atoms with E-state index in [4.69, 9.17) is 20.3 Å². The number of nitrogens with zero attached hydrogens (tertiary/aromatic N) is 4. The number of fused-ring (bicyclic) bond motifs is 1. The molecule has 1 aromatic carbocycles. The molecule has 0 fully saturated rings. The number of halogens is 3. The second kappa shape index (κ2) is 9.20. The maximum absolute atomic E-state index is 13.2. The number of alkyl halides is 3. The highest BCUT2D eigenvalue weighted by atomic mass is 32.2. The maximum atomic E-state index is 13.2. The maximum Gasteiger partial charge on any atom is 0.406 e. The summed E-state index contributed by atoms with van der Waals surface area (Å²) in [5.41, 5.74) is 4.39. The molecule has 3 aromatic rings. The number of aryl methyl sites for hydroxylation is 1. The van der Waals surface area contributed by atoms with Crippen molar-refractivity contribution in [2.75, 3.05) is 6.35 Å². The lowest BCUT2D eigenvalue weighted by atomic mass is 10.2. The second-order valence-electron chi connectivity index (χ2n) is 7.47. The first-order valence-corrected chi connectivity index (χ1v) is 12.0. The van der Waals surface area contributed by atoms with Gasteiger partial charge in [0.1, 0.15) is 40.2 Å². The van der Waals surface area contributed by atoms with Crippen LogP contribution in [0.1, 0.15) is 18.6 Å². The van der Waals surface area contributed by atoms with Crippen LogP contribution in [-0.4, -0.2) is 52.7 Å². The molecule has 2 heterocycles. The van der Waals surface area contributed by atoms with Crippen LogP contribution in [0.25, 0.3) is 11.2 Å². The number of aromatic nitrogens is 4. The van der Waals surface area contributed by atoms with Crippen molar-refractivity contribution in [3.8, 4) is 5.75 Å². The van der Waals surface area contributed by atoms with Gasteiger partial charge in [-0.15, -0.1) is 0 Å². The number of nitrogens with two attached hydrogens (primary N) is 1. The molecule has 2 aromatic heterocycles. The molecule has 0 aliphatic carbocycles. The molecule has 10 nitrogen and oxygen atoms in total. The molecule has 5 N–H and O–H groups in total. The van der Waals surface area contributed by atoms with E-state index >= 15 is 0 Å². The van der Waals surface area contributed by atoms with Crippen LogP contribution < -0.4 is 5.73 Å². The van der Waals surface area contributed by atoms with E-state index < -0.39 is 32.4 Å². The Labute approximate surface area is 190 Å². The molecule has 0 saturated heterocycles. The molecule has 0 spiro atoms. The summed E-state index contributed by atoms with van der Waals surface area (Å²) in [6, 6.07) is 6.23. The average Bonchev–Trinajstić information content (AvgIpc) is 2.95. The van der Waals surface area contributed by atoms with Crippen LogP contribution in [0.5, 0.6) is 5.75 Å². The van der Waals surface area contributed by atoms with Crippen LogP contribution >= 0.6 is 19.4 Å².